The van der Waals surface area contributed by atoms with E-state index in [1.807, 2.05) is 0 Å². The van der Waals surface area contributed by atoms with Crippen LogP contribution in [0.4, 0.5) is 0 Å². The second-order valence-electron chi connectivity index (χ2n) is 4.05. The summed E-state index contributed by atoms with van der Waals surface area (Å²) in [6.07, 6.45) is 4.73. The van der Waals surface area contributed by atoms with Crippen LogP contribution in [0.2, 0.25) is 9.36 Å². The molecular formula is C12H15Hf. The van der Waals surface area contributed by atoms with Gasteiger partial charge in [0.1, 0.15) is 0 Å². The van der Waals surface area contributed by atoms with E-state index in [1.165, 1.54) is 11.1 Å². The van der Waals surface area contributed by atoms with Crippen LogP contribution in [0.5, 0.6) is 0 Å². The Hall–Kier alpha value is -0.170. The molecule has 1 atom stereocenters. The number of hydrogen-bond donors (Lipinski definition) is 0. The number of allylic oxidation sites excluding steroid dienone is 1. The minimum absolute atomic E-state index is 0.848. The molecule has 0 amide bonds. The molecule has 1 aromatic rings. The fourth-order valence-electron chi connectivity index (χ4n) is 1.93. The number of hydrogen-bond acceptors (Lipinski definition) is 0. The van der Waals surface area contributed by atoms with Crippen molar-refractivity contribution in [2.75, 3.05) is 0 Å². The average Bonchev–Trinajstić information content (AvgIpc) is 2.46. The summed E-state index contributed by atoms with van der Waals surface area (Å²) < 4.78 is 5.84. The van der Waals surface area contributed by atoms with Gasteiger partial charge in [-0.25, -0.2) is 0 Å². The molecule has 0 saturated carbocycles. The molecule has 0 heterocycles. The van der Waals surface area contributed by atoms with Crippen LogP contribution in [-0.4, -0.2) is 0 Å². The summed E-state index contributed by atoms with van der Waals surface area (Å²) in [4.78, 5) is 0. The van der Waals surface area contributed by atoms with E-state index in [2.05, 4.69) is 46.6 Å². The van der Waals surface area contributed by atoms with Crippen LogP contribution < -0.4 is 0 Å². The summed E-state index contributed by atoms with van der Waals surface area (Å²) in [6.45, 7) is 2.17. The predicted molar refractivity (Wildman–Crippen MR) is 54.7 cm³/mol. The molecule has 0 saturated heterocycles. The standard InChI is InChI=1S/C10H9.2CH3.Hf/c1-8-5-6-9-3-2-4-10(9)7-8;;;/h2-7H,1H3;2*1H3;. The van der Waals surface area contributed by atoms with Crippen molar-refractivity contribution >= 4 is 6.08 Å². The van der Waals surface area contributed by atoms with Gasteiger partial charge in [0.2, 0.25) is 0 Å². The molecule has 0 fully saturated rings. The fraction of sp³-hybridized carbons (Fsp3) is 0.333. The van der Waals surface area contributed by atoms with E-state index < -0.39 is 21.4 Å². The molecule has 1 aromatic carbocycles. The third kappa shape index (κ3) is 1.71. The Morgan fingerprint density at radius 2 is 2.00 bits per heavy atom. The monoisotopic (exact) mass is 339 g/mol. The molecule has 0 aromatic heterocycles. The molecule has 0 nitrogen and oxygen atoms in total. The van der Waals surface area contributed by atoms with Gasteiger partial charge in [-0.3, -0.25) is 0 Å². The third-order valence-corrected chi connectivity index (χ3v) is 8.95. The van der Waals surface area contributed by atoms with Crippen molar-refractivity contribution in [2.24, 2.45) is 0 Å². The van der Waals surface area contributed by atoms with Crippen molar-refractivity contribution in [1.29, 1.82) is 0 Å². The van der Waals surface area contributed by atoms with Gasteiger partial charge in [0.05, 0.1) is 0 Å². The molecule has 0 bridgehead atoms. The van der Waals surface area contributed by atoms with Gasteiger partial charge in [0.15, 0.2) is 0 Å². The van der Waals surface area contributed by atoms with E-state index in [0.29, 0.717) is 0 Å². The Morgan fingerprint density at radius 3 is 2.69 bits per heavy atom. The average molecular weight is 338 g/mol. The normalized spacial score (nSPS) is 18.8. The summed E-state index contributed by atoms with van der Waals surface area (Å²) in [5.74, 6) is 0. The van der Waals surface area contributed by atoms with E-state index in [-0.39, 0.29) is 0 Å². The Balaban J connectivity index is 2.44. The van der Waals surface area contributed by atoms with Crippen LogP contribution >= 0.6 is 0 Å². The van der Waals surface area contributed by atoms with Gasteiger partial charge in [-0.2, -0.15) is 0 Å². The Labute approximate surface area is 88.2 Å². The zero-order valence-electron chi connectivity index (χ0n) is 8.46. The van der Waals surface area contributed by atoms with Gasteiger partial charge in [-0.15, -0.1) is 0 Å². The first kappa shape index (κ1) is 9.39. The van der Waals surface area contributed by atoms with Gasteiger partial charge in [0.25, 0.3) is 0 Å². The van der Waals surface area contributed by atoms with Crippen molar-refractivity contribution in [3.8, 4) is 0 Å². The molecule has 1 unspecified atom stereocenters. The number of rotatable bonds is 1. The van der Waals surface area contributed by atoms with Crippen LogP contribution in [0.1, 0.15) is 20.4 Å². The number of aryl methyl sites for hydroxylation is 1. The molecule has 67 valence electrons. The van der Waals surface area contributed by atoms with Crippen LogP contribution in [0, 0.1) is 6.92 Å². The van der Waals surface area contributed by atoms with Gasteiger partial charge < -0.3 is 0 Å². The van der Waals surface area contributed by atoms with Crippen LogP contribution in [0.3, 0.4) is 0 Å². The predicted octanol–water partition coefficient (Wildman–Crippen LogP) is 3.78. The van der Waals surface area contributed by atoms with E-state index in [9.17, 15) is 0 Å². The van der Waals surface area contributed by atoms with Crippen LogP contribution in [0.25, 0.3) is 6.08 Å². The van der Waals surface area contributed by atoms with E-state index in [4.69, 9.17) is 0 Å². The zero-order chi connectivity index (χ0) is 9.42. The molecule has 0 radical (unpaired) electrons. The second-order valence-corrected chi connectivity index (χ2v) is 14.0. The Kier molecular flexibility index (Phi) is 2.55. The minimum atomic E-state index is -1.24. The molecule has 0 N–H and O–H groups in total. The van der Waals surface area contributed by atoms with Crippen molar-refractivity contribution < 1.29 is 21.4 Å². The first-order valence-electron chi connectivity index (χ1n) is 4.77. The molecule has 13 heavy (non-hydrogen) atoms. The molecule has 0 aliphatic heterocycles. The Morgan fingerprint density at radius 1 is 1.23 bits per heavy atom. The fourth-order valence-corrected chi connectivity index (χ4v) is 6.84. The number of benzene rings is 1. The van der Waals surface area contributed by atoms with E-state index in [0.717, 1.165) is 3.67 Å². The molecule has 1 heteroatoms. The van der Waals surface area contributed by atoms with Crippen LogP contribution in [0.15, 0.2) is 24.3 Å². The summed E-state index contributed by atoms with van der Waals surface area (Å²) in [6, 6.07) is 6.88. The maximum atomic E-state index is 2.49. The van der Waals surface area contributed by atoms with E-state index in [1.54, 1.807) is 5.56 Å². The summed E-state index contributed by atoms with van der Waals surface area (Å²) in [5.41, 5.74) is 4.44. The molecule has 0 spiro atoms. The SMILES string of the molecule is Cc1ccc2c(c1)C=C[CH]2[Hf]([CH3])[CH3]. The molecular weight excluding hydrogens is 323 g/mol. The topological polar surface area (TPSA) is 0 Å². The Bertz CT molecular complexity index is 350. The molecule has 1 aliphatic carbocycles. The summed E-state index contributed by atoms with van der Waals surface area (Å²) in [7, 11) is 0. The van der Waals surface area contributed by atoms with Gasteiger partial charge in [0, 0.05) is 0 Å². The van der Waals surface area contributed by atoms with Gasteiger partial charge in [-0.05, 0) is 0 Å². The first-order valence-corrected chi connectivity index (χ1v) is 14.0. The zero-order valence-corrected chi connectivity index (χ0v) is 12.1. The summed E-state index contributed by atoms with van der Waals surface area (Å²) >= 11 is -1.24. The maximum absolute atomic E-state index is 2.49. The first-order chi connectivity index (χ1) is 6.18. The molecule has 2 rings (SSSR count). The van der Waals surface area contributed by atoms with Crippen molar-refractivity contribution in [1.82, 2.24) is 0 Å². The van der Waals surface area contributed by atoms with Gasteiger partial charge in [-0.1, -0.05) is 0 Å². The van der Waals surface area contributed by atoms with Gasteiger partial charge >= 0.3 is 88.4 Å². The van der Waals surface area contributed by atoms with Crippen molar-refractivity contribution in [2.45, 2.75) is 20.0 Å². The van der Waals surface area contributed by atoms with E-state index >= 15 is 0 Å². The summed E-state index contributed by atoms with van der Waals surface area (Å²) in [5, 5.41) is 0. The van der Waals surface area contributed by atoms with Crippen molar-refractivity contribution in [3.05, 3.63) is 41.0 Å². The third-order valence-electron chi connectivity index (χ3n) is 2.67. The van der Waals surface area contributed by atoms with Crippen molar-refractivity contribution in [3.63, 3.8) is 0 Å². The second kappa shape index (κ2) is 3.53. The number of fused-ring (bicyclic) bond motifs is 1. The van der Waals surface area contributed by atoms with Crippen LogP contribution in [-0.2, 0) is 21.4 Å². The molecule has 1 aliphatic rings. The quantitative estimate of drug-likeness (QED) is 0.684.